The molecule has 0 aliphatic carbocycles. The molecule has 0 saturated carbocycles. The predicted molar refractivity (Wildman–Crippen MR) is 90.9 cm³/mol. The van der Waals surface area contributed by atoms with Gasteiger partial charge in [0, 0.05) is 33.3 Å². The van der Waals surface area contributed by atoms with Crippen LogP contribution in [0.2, 0.25) is 0 Å². The van der Waals surface area contributed by atoms with E-state index in [1.54, 1.807) is 0 Å². The number of hydrogen-bond acceptors (Lipinski definition) is 2. The Morgan fingerprint density at radius 2 is 1.11 bits per heavy atom. The van der Waals surface area contributed by atoms with E-state index in [-0.39, 0.29) is 5.69 Å². The molecule has 0 bridgehead atoms. The first-order valence-corrected chi connectivity index (χ1v) is 8.97. The lowest BCUT2D eigenvalue weighted by Gasteiger charge is -2.42. The monoisotopic (exact) mass is 547 g/mol. The second-order valence-electron chi connectivity index (χ2n) is 7.49. The molecule has 204 valence electrons. The summed E-state index contributed by atoms with van der Waals surface area (Å²) in [6.07, 6.45) is -12.5. The minimum atomic E-state index is -8.31. The van der Waals surface area contributed by atoms with Gasteiger partial charge in [0.05, 0.1) is 6.10 Å². The maximum absolute atomic E-state index is 14.2. The fourth-order valence-corrected chi connectivity index (χ4v) is 2.70. The molecule has 1 aromatic carbocycles. The minimum absolute atomic E-state index is 0.227. The summed E-state index contributed by atoms with van der Waals surface area (Å²) in [7, 11) is 3.47. The van der Waals surface area contributed by atoms with E-state index in [9.17, 15) is 65.9 Å². The Labute approximate surface area is 187 Å². The van der Waals surface area contributed by atoms with Gasteiger partial charge in [-0.3, -0.25) is 0 Å². The van der Waals surface area contributed by atoms with Crippen molar-refractivity contribution in [1.82, 2.24) is 0 Å². The van der Waals surface area contributed by atoms with Crippen LogP contribution in [-0.4, -0.2) is 62.9 Å². The van der Waals surface area contributed by atoms with Gasteiger partial charge in [-0.05, 0) is 17.7 Å². The number of alkyl halides is 15. The van der Waals surface area contributed by atoms with Crippen LogP contribution in [0.15, 0.2) is 24.3 Å². The second kappa shape index (κ2) is 9.10. The molecule has 1 aromatic rings. The standard InChI is InChI=1S/C18H16F15NO/c1-34(2)10-6-4-5-9(7-10)11(35-3)8-12(19,20)13(21,22)14(23,24)15(25,26)16(27,28)17(29,30)18(31,32)33/h4-7,11H,8H2,1-3H3. The van der Waals surface area contributed by atoms with Gasteiger partial charge in [0.25, 0.3) is 0 Å². The molecule has 0 spiro atoms. The maximum atomic E-state index is 14.2. The third-order valence-corrected chi connectivity index (χ3v) is 4.88. The quantitative estimate of drug-likeness (QED) is 0.287. The van der Waals surface area contributed by atoms with Gasteiger partial charge in [-0.15, -0.1) is 0 Å². The topological polar surface area (TPSA) is 12.5 Å². The zero-order valence-corrected chi connectivity index (χ0v) is 17.6. The highest BCUT2D eigenvalue weighted by Crippen LogP contribution is 2.63. The summed E-state index contributed by atoms with van der Waals surface area (Å²) in [5.74, 6) is -46.6. The van der Waals surface area contributed by atoms with Crippen molar-refractivity contribution < 1.29 is 70.6 Å². The fourth-order valence-electron chi connectivity index (χ4n) is 2.70. The summed E-state index contributed by atoms with van der Waals surface area (Å²) >= 11 is 0. The molecule has 1 unspecified atom stereocenters. The van der Waals surface area contributed by atoms with E-state index in [0.717, 1.165) is 18.2 Å². The average Bonchev–Trinajstić information content (AvgIpc) is 2.70. The molecule has 1 rings (SSSR count). The van der Waals surface area contributed by atoms with Crippen LogP contribution < -0.4 is 4.90 Å². The molecule has 0 N–H and O–H groups in total. The number of hydrogen-bond donors (Lipinski definition) is 0. The number of anilines is 1. The predicted octanol–water partition coefficient (Wildman–Crippen LogP) is 7.20. The van der Waals surface area contributed by atoms with Crippen LogP contribution in [0.25, 0.3) is 0 Å². The van der Waals surface area contributed by atoms with E-state index < -0.39 is 59.8 Å². The van der Waals surface area contributed by atoms with E-state index in [4.69, 9.17) is 0 Å². The molecule has 0 fully saturated rings. The third-order valence-electron chi connectivity index (χ3n) is 4.88. The number of ether oxygens (including phenoxy) is 1. The Morgan fingerprint density at radius 3 is 1.51 bits per heavy atom. The van der Waals surface area contributed by atoms with Crippen molar-refractivity contribution in [2.75, 3.05) is 26.1 Å². The van der Waals surface area contributed by atoms with Crippen LogP contribution in [0.3, 0.4) is 0 Å². The van der Waals surface area contributed by atoms with Crippen LogP contribution in [0.1, 0.15) is 18.1 Å². The summed E-state index contributed by atoms with van der Waals surface area (Å²) in [6, 6.07) is 4.50. The van der Waals surface area contributed by atoms with Crippen LogP contribution in [0.5, 0.6) is 0 Å². The number of methoxy groups -OCH3 is 1. The van der Waals surface area contributed by atoms with Crippen LogP contribution >= 0.6 is 0 Å². The highest BCUT2D eigenvalue weighted by molar-refractivity contribution is 5.47. The van der Waals surface area contributed by atoms with Crippen molar-refractivity contribution >= 4 is 5.69 Å². The van der Waals surface area contributed by atoms with E-state index in [0.29, 0.717) is 7.11 Å². The summed E-state index contributed by atoms with van der Waals surface area (Å²) < 4.78 is 204. The smallest absolute Gasteiger partial charge is 0.378 e. The first-order chi connectivity index (χ1) is 15.3. The zero-order valence-electron chi connectivity index (χ0n) is 17.6. The second-order valence-corrected chi connectivity index (χ2v) is 7.49. The molecule has 0 amide bonds. The molecule has 0 aliphatic rings. The van der Waals surface area contributed by atoms with E-state index in [1.165, 1.54) is 25.1 Å². The fraction of sp³-hybridized carbons (Fsp3) is 0.667. The molecule has 0 radical (unpaired) electrons. The summed E-state index contributed by atoms with van der Waals surface area (Å²) in [4.78, 5) is 1.36. The molecule has 0 aromatic heterocycles. The van der Waals surface area contributed by atoms with Gasteiger partial charge >= 0.3 is 41.7 Å². The lowest BCUT2D eigenvalue weighted by molar-refractivity contribution is -0.453. The lowest BCUT2D eigenvalue weighted by Crippen LogP contribution is -2.72. The van der Waals surface area contributed by atoms with Gasteiger partial charge in [0.2, 0.25) is 0 Å². The maximum Gasteiger partial charge on any atom is 0.460 e. The van der Waals surface area contributed by atoms with Gasteiger partial charge in [0.15, 0.2) is 0 Å². The summed E-state index contributed by atoms with van der Waals surface area (Å²) in [5, 5.41) is 0. The number of rotatable bonds is 10. The first-order valence-electron chi connectivity index (χ1n) is 8.97. The zero-order chi connectivity index (χ0) is 28.1. The van der Waals surface area contributed by atoms with Crippen LogP contribution in [0, 0.1) is 0 Å². The SMILES string of the molecule is COC(CC(F)(F)C(F)(F)C(F)(F)C(F)(F)C(F)(F)C(F)(F)C(F)(F)F)c1cccc(N(C)C)c1. The van der Waals surface area contributed by atoms with Crippen molar-refractivity contribution in [3.05, 3.63) is 29.8 Å². The molecule has 0 heterocycles. The van der Waals surface area contributed by atoms with Crippen LogP contribution in [-0.2, 0) is 4.74 Å². The van der Waals surface area contributed by atoms with Crippen molar-refractivity contribution in [2.45, 2.75) is 54.2 Å². The van der Waals surface area contributed by atoms with Crippen molar-refractivity contribution in [3.8, 4) is 0 Å². The van der Waals surface area contributed by atoms with Gasteiger partial charge in [-0.25, -0.2) is 0 Å². The molecule has 0 aliphatic heterocycles. The van der Waals surface area contributed by atoms with E-state index in [1.807, 2.05) is 0 Å². The molecule has 35 heavy (non-hydrogen) atoms. The number of halogens is 15. The average molecular weight is 547 g/mol. The lowest BCUT2D eigenvalue weighted by atomic mass is 9.88. The Kier molecular flexibility index (Phi) is 8.05. The Hall–Kier alpha value is -2.07. The van der Waals surface area contributed by atoms with Gasteiger partial charge in [-0.1, -0.05) is 12.1 Å². The highest BCUT2D eigenvalue weighted by Gasteiger charge is 2.93. The Morgan fingerprint density at radius 1 is 0.686 bits per heavy atom. The molecule has 1 atom stereocenters. The largest absolute Gasteiger partial charge is 0.460 e. The molecular formula is C18H16F15NO. The van der Waals surface area contributed by atoms with Crippen molar-refractivity contribution in [3.63, 3.8) is 0 Å². The minimum Gasteiger partial charge on any atom is -0.378 e. The third kappa shape index (κ3) is 4.83. The highest BCUT2D eigenvalue weighted by atomic mass is 19.4. The van der Waals surface area contributed by atoms with Crippen molar-refractivity contribution in [2.24, 2.45) is 0 Å². The Bertz CT molecular complexity index is 879. The first kappa shape index (κ1) is 31.0. The Balaban J connectivity index is 3.51. The van der Waals surface area contributed by atoms with Crippen LogP contribution in [0.4, 0.5) is 71.5 Å². The van der Waals surface area contributed by atoms with Crippen molar-refractivity contribution in [1.29, 1.82) is 0 Å². The van der Waals surface area contributed by atoms with Gasteiger partial charge in [-0.2, -0.15) is 65.9 Å². The summed E-state index contributed by atoms with van der Waals surface area (Å²) in [5.41, 5.74) is -0.177. The number of benzene rings is 1. The number of nitrogens with zero attached hydrogens (tertiary/aromatic N) is 1. The molecule has 0 saturated heterocycles. The molecule has 2 nitrogen and oxygen atoms in total. The van der Waals surface area contributed by atoms with E-state index in [2.05, 4.69) is 4.74 Å². The van der Waals surface area contributed by atoms with E-state index >= 15 is 0 Å². The molecule has 17 heteroatoms. The normalized spacial score (nSPS) is 15.8. The van der Waals surface area contributed by atoms with Gasteiger partial charge < -0.3 is 9.64 Å². The van der Waals surface area contributed by atoms with Gasteiger partial charge in [0.1, 0.15) is 0 Å². The molecular weight excluding hydrogens is 531 g/mol. The summed E-state index contributed by atoms with van der Waals surface area (Å²) in [6.45, 7) is 0.